The molecule has 0 unspecified atom stereocenters. The summed E-state index contributed by atoms with van der Waals surface area (Å²) in [5.41, 5.74) is 7.50. The molecule has 0 aliphatic heterocycles. The maximum Gasteiger partial charge on any atom is 0.263 e. The summed E-state index contributed by atoms with van der Waals surface area (Å²) in [6, 6.07) is 1.82. The highest BCUT2D eigenvalue weighted by Crippen LogP contribution is 2.32. The summed E-state index contributed by atoms with van der Waals surface area (Å²) in [6.07, 6.45) is 3.39. The molecular formula is C13H12N4OS2. The summed E-state index contributed by atoms with van der Waals surface area (Å²) in [6.45, 7) is 2.35. The lowest BCUT2D eigenvalue weighted by atomic mass is 10.2. The van der Waals surface area contributed by atoms with Crippen LogP contribution in [0.4, 0.5) is 5.69 Å². The molecule has 3 heterocycles. The van der Waals surface area contributed by atoms with E-state index >= 15 is 0 Å². The predicted molar refractivity (Wildman–Crippen MR) is 82.1 cm³/mol. The Kier molecular flexibility index (Phi) is 3.37. The van der Waals surface area contributed by atoms with Crippen molar-refractivity contribution in [3.63, 3.8) is 0 Å². The van der Waals surface area contributed by atoms with Crippen LogP contribution in [-0.2, 0) is 6.54 Å². The molecule has 1 amide bonds. The molecule has 3 aromatic rings. The monoisotopic (exact) mass is 304 g/mol. The van der Waals surface area contributed by atoms with Gasteiger partial charge in [-0.25, -0.2) is 4.98 Å². The van der Waals surface area contributed by atoms with Gasteiger partial charge >= 0.3 is 0 Å². The fourth-order valence-electron chi connectivity index (χ4n) is 1.86. The van der Waals surface area contributed by atoms with Gasteiger partial charge in [-0.1, -0.05) is 0 Å². The molecule has 5 nitrogen and oxygen atoms in total. The number of nitrogens with zero attached hydrogens (tertiary/aromatic N) is 2. The number of anilines is 1. The lowest BCUT2D eigenvalue weighted by Crippen LogP contribution is -2.22. The molecule has 3 aromatic heterocycles. The second-order valence-corrected chi connectivity index (χ2v) is 6.28. The summed E-state index contributed by atoms with van der Waals surface area (Å²) in [5, 5.41) is 6.57. The lowest BCUT2D eigenvalue weighted by molar-refractivity contribution is 0.0956. The molecule has 0 radical (unpaired) electrons. The average Bonchev–Trinajstić information content (AvgIpc) is 3.01. The van der Waals surface area contributed by atoms with E-state index in [9.17, 15) is 4.79 Å². The van der Waals surface area contributed by atoms with Gasteiger partial charge in [0.25, 0.3) is 5.91 Å². The van der Waals surface area contributed by atoms with Crippen molar-refractivity contribution in [2.45, 2.75) is 13.5 Å². The smallest absolute Gasteiger partial charge is 0.263 e. The molecule has 0 spiro atoms. The zero-order valence-corrected chi connectivity index (χ0v) is 12.3. The molecule has 0 aliphatic rings. The van der Waals surface area contributed by atoms with E-state index in [2.05, 4.69) is 15.3 Å². The number of nitrogens with one attached hydrogen (secondary N) is 1. The van der Waals surface area contributed by atoms with Crippen LogP contribution in [0.5, 0.6) is 0 Å². The summed E-state index contributed by atoms with van der Waals surface area (Å²) in [7, 11) is 0. The van der Waals surface area contributed by atoms with Gasteiger partial charge in [0.1, 0.15) is 9.88 Å². The Morgan fingerprint density at radius 3 is 3.05 bits per heavy atom. The Balaban J connectivity index is 1.80. The van der Waals surface area contributed by atoms with Crippen molar-refractivity contribution in [3.8, 4) is 0 Å². The van der Waals surface area contributed by atoms with Gasteiger partial charge in [-0.2, -0.15) is 0 Å². The van der Waals surface area contributed by atoms with E-state index in [1.165, 1.54) is 22.7 Å². The Morgan fingerprint density at radius 2 is 2.35 bits per heavy atom. The van der Waals surface area contributed by atoms with E-state index in [0.717, 1.165) is 20.8 Å². The molecule has 0 aliphatic carbocycles. The topological polar surface area (TPSA) is 80.9 Å². The van der Waals surface area contributed by atoms with Crippen molar-refractivity contribution in [2.24, 2.45) is 0 Å². The van der Waals surface area contributed by atoms with Crippen LogP contribution in [0.2, 0.25) is 0 Å². The number of thiazole rings is 1. The van der Waals surface area contributed by atoms with Crippen LogP contribution >= 0.6 is 22.7 Å². The molecule has 0 saturated heterocycles. The first-order chi connectivity index (χ1) is 9.65. The number of amides is 1. The molecule has 0 atom stereocenters. The second kappa shape index (κ2) is 5.18. The van der Waals surface area contributed by atoms with Crippen LogP contribution in [0.3, 0.4) is 0 Å². The molecule has 0 fully saturated rings. The number of thiophene rings is 1. The van der Waals surface area contributed by atoms with Gasteiger partial charge in [0.05, 0.1) is 16.9 Å². The molecule has 0 bridgehead atoms. The number of carbonyl (C=O) groups is 1. The number of aryl methyl sites for hydroxylation is 1. The molecule has 0 saturated carbocycles. The van der Waals surface area contributed by atoms with E-state index < -0.39 is 0 Å². The first-order valence-corrected chi connectivity index (χ1v) is 7.66. The second-order valence-electron chi connectivity index (χ2n) is 4.28. The molecule has 3 rings (SSSR count). The van der Waals surface area contributed by atoms with Gasteiger partial charge in [0, 0.05) is 28.9 Å². The van der Waals surface area contributed by atoms with Crippen LogP contribution in [0, 0.1) is 6.92 Å². The minimum atomic E-state index is -0.170. The summed E-state index contributed by atoms with van der Waals surface area (Å²) in [4.78, 5) is 21.1. The summed E-state index contributed by atoms with van der Waals surface area (Å²) in [5.74, 6) is -0.170. The average molecular weight is 304 g/mol. The van der Waals surface area contributed by atoms with Gasteiger partial charge in [0.15, 0.2) is 0 Å². The van der Waals surface area contributed by atoms with Crippen LogP contribution < -0.4 is 11.1 Å². The third-order valence-electron chi connectivity index (χ3n) is 2.80. The largest absolute Gasteiger partial charge is 0.397 e. The maximum atomic E-state index is 12.2. The number of fused-ring (bicyclic) bond motifs is 1. The standard InChI is InChI=1S/C13H12N4OS2/c1-7-6-19-10(17-7)5-16-13(18)12-11(14)8-2-3-15-4-9(8)20-12/h2-4,6H,5,14H2,1H3,(H,16,18). The summed E-state index contributed by atoms with van der Waals surface area (Å²) >= 11 is 2.89. The van der Waals surface area contributed by atoms with Crippen LogP contribution in [0.15, 0.2) is 23.8 Å². The van der Waals surface area contributed by atoms with Crippen LogP contribution in [0.25, 0.3) is 10.1 Å². The zero-order chi connectivity index (χ0) is 14.1. The predicted octanol–water partition coefficient (Wildman–Crippen LogP) is 2.57. The fourth-order valence-corrected chi connectivity index (χ4v) is 3.58. The number of hydrogen-bond acceptors (Lipinski definition) is 6. The number of nitrogens with two attached hydrogens (primary N) is 1. The van der Waals surface area contributed by atoms with E-state index in [-0.39, 0.29) is 5.91 Å². The van der Waals surface area contributed by atoms with Crippen molar-refractivity contribution < 1.29 is 4.79 Å². The highest BCUT2D eigenvalue weighted by molar-refractivity contribution is 7.21. The number of rotatable bonds is 3. The van der Waals surface area contributed by atoms with Gasteiger partial charge in [0.2, 0.25) is 0 Å². The SMILES string of the molecule is Cc1csc(CNC(=O)c2sc3cnccc3c2N)n1. The van der Waals surface area contributed by atoms with Crippen LogP contribution in [0.1, 0.15) is 20.4 Å². The van der Waals surface area contributed by atoms with Crippen molar-refractivity contribution >= 4 is 44.4 Å². The molecule has 7 heteroatoms. The quantitative estimate of drug-likeness (QED) is 0.779. The number of aromatic nitrogens is 2. The van der Waals surface area contributed by atoms with Crippen molar-refractivity contribution in [1.82, 2.24) is 15.3 Å². The highest BCUT2D eigenvalue weighted by atomic mass is 32.1. The third kappa shape index (κ3) is 2.37. The Hall–Kier alpha value is -1.99. The third-order valence-corrected chi connectivity index (χ3v) is 4.93. The Bertz CT molecular complexity index is 778. The normalized spacial score (nSPS) is 10.8. The van der Waals surface area contributed by atoms with E-state index in [1.807, 2.05) is 18.4 Å². The maximum absolute atomic E-state index is 12.2. The minimum Gasteiger partial charge on any atom is -0.397 e. The number of hydrogen-bond donors (Lipinski definition) is 2. The number of nitrogen functional groups attached to an aromatic ring is 1. The van der Waals surface area contributed by atoms with Gasteiger partial charge in [-0.05, 0) is 13.0 Å². The number of pyridine rings is 1. The highest BCUT2D eigenvalue weighted by Gasteiger charge is 2.16. The van der Waals surface area contributed by atoms with Crippen molar-refractivity contribution in [1.29, 1.82) is 0 Å². The van der Waals surface area contributed by atoms with Gasteiger partial charge in [-0.15, -0.1) is 22.7 Å². The van der Waals surface area contributed by atoms with Gasteiger partial charge < -0.3 is 11.1 Å². The van der Waals surface area contributed by atoms with E-state index in [4.69, 9.17) is 5.73 Å². The first-order valence-electron chi connectivity index (χ1n) is 5.96. The van der Waals surface area contributed by atoms with Gasteiger partial charge in [-0.3, -0.25) is 9.78 Å². The van der Waals surface area contributed by atoms with E-state index in [0.29, 0.717) is 17.1 Å². The van der Waals surface area contributed by atoms with Crippen molar-refractivity contribution in [3.05, 3.63) is 39.4 Å². The zero-order valence-electron chi connectivity index (χ0n) is 10.7. The van der Waals surface area contributed by atoms with Crippen molar-refractivity contribution in [2.75, 3.05) is 5.73 Å². The fraction of sp³-hybridized carbons (Fsp3) is 0.154. The lowest BCUT2D eigenvalue weighted by Gasteiger charge is -2.01. The molecule has 20 heavy (non-hydrogen) atoms. The van der Waals surface area contributed by atoms with E-state index in [1.54, 1.807) is 12.4 Å². The first kappa shape index (κ1) is 13.0. The number of carbonyl (C=O) groups excluding carboxylic acids is 1. The minimum absolute atomic E-state index is 0.170. The summed E-state index contributed by atoms with van der Waals surface area (Å²) < 4.78 is 0.917. The Labute approximate surface area is 123 Å². The van der Waals surface area contributed by atoms with Crippen LogP contribution in [-0.4, -0.2) is 15.9 Å². The molecular weight excluding hydrogens is 292 g/mol. The Morgan fingerprint density at radius 1 is 1.50 bits per heavy atom. The molecule has 3 N–H and O–H groups in total. The molecule has 102 valence electrons. The molecule has 0 aromatic carbocycles.